The highest BCUT2D eigenvalue weighted by atomic mass is 32.2. The Morgan fingerprint density at radius 2 is 2.07 bits per heavy atom. The van der Waals surface area contributed by atoms with Gasteiger partial charge in [-0.05, 0) is 37.8 Å². The molecule has 1 aromatic heterocycles. The van der Waals surface area contributed by atoms with Crippen molar-refractivity contribution in [2.45, 2.75) is 44.7 Å². The summed E-state index contributed by atoms with van der Waals surface area (Å²) < 4.78 is 31.9. The molecular formula is C18H25N3O5S. The van der Waals surface area contributed by atoms with Gasteiger partial charge >= 0.3 is 5.76 Å². The van der Waals surface area contributed by atoms with E-state index in [2.05, 4.69) is 4.72 Å². The number of oxazole rings is 1. The number of benzene rings is 1. The number of carbonyl (C=O) groups is 1. The third kappa shape index (κ3) is 4.98. The summed E-state index contributed by atoms with van der Waals surface area (Å²) in [5, 5.41) is 0. The van der Waals surface area contributed by atoms with E-state index in [1.807, 2.05) is 12.1 Å². The minimum Gasteiger partial charge on any atom is -0.408 e. The maximum absolute atomic E-state index is 12.6. The zero-order valence-corrected chi connectivity index (χ0v) is 16.2. The number of para-hydroxylation sites is 2. The zero-order chi connectivity index (χ0) is 19.4. The van der Waals surface area contributed by atoms with Crippen LogP contribution in [0.4, 0.5) is 0 Å². The molecule has 1 atom stereocenters. The number of carbonyl (C=O) groups excluding carboxylic acids is 1. The molecule has 1 aliphatic heterocycles. The first-order valence-electron chi connectivity index (χ1n) is 9.17. The highest BCUT2D eigenvalue weighted by Crippen LogP contribution is 2.19. The number of hydrogen-bond acceptors (Lipinski definition) is 5. The Kier molecular flexibility index (Phi) is 6.01. The molecule has 0 aliphatic carbocycles. The Morgan fingerprint density at radius 3 is 2.85 bits per heavy atom. The lowest BCUT2D eigenvalue weighted by atomic mass is 10.0. The molecule has 27 heavy (non-hydrogen) atoms. The second kappa shape index (κ2) is 8.26. The van der Waals surface area contributed by atoms with Gasteiger partial charge in [-0.1, -0.05) is 12.1 Å². The molecule has 2 heterocycles. The average Bonchev–Trinajstić information content (AvgIpc) is 2.95. The van der Waals surface area contributed by atoms with Gasteiger partial charge in [-0.15, -0.1) is 0 Å². The van der Waals surface area contributed by atoms with Gasteiger partial charge in [0.15, 0.2) is 5.58 Å². The molecule has 8 nitrogen and oxygen atoms in total. The van der Waals surface area contributed by atoms with Crippen molar-refractivity contribution in [3.8, 4) is 0 Å². The molecule has 1 aromatic carbocycles. The van der Waals surface area contributed by atoms with E-state index in [1.54, 1.807) is 21.6 Å². The predicted molar refractivity (Wildman–Crippen MR) is 102 cm³/mol. The van der Waals surface area contributed by atoms with Crippen LogP contribution in [0.15, 0.2) is 33.5 Å². The summed E-state index contributed by atoms with van der Waals surface area (Å²) in [7, 11) is -3.28. The number of fused-ring (bicyclic) bond motifs is 1. The van der Waals surface area contributed by atoms with Crippen LogP contribution in [0.25, 0.3) is 11.1 Å². The number of sulfonamides is 1. The maximum Gasteiger partial charge on any atom is 0.419 e. The van der Waals surface area contributed by atoms with Crippen molar-refractivity contribution >= 4 is 27.0 Å². The molecular weight excluding hydrogens is 370 g/mol. The zero-order valence-electron chi connectivity index (χ0n) is 15.4. The minimum atomic E-state index is -3.28. The topological polar surface area (TPSA) is 102 Å². The molecule has 0 spiro atoms. The summed E-state index contributed by atoms with van der Waals surface area (Å²) in [6, 6.07) is 7.09. The van der Waals surface area contributed by atoms with E-state index in [0.29, 0.717) is 31.5 Å². The standard InChI is InChI=1S/C18H25N3O5S/c1-27(24,25)19-13-14-7-4-5-11-20(14)17(22)10-6-12-21-15-8-2-3-9-16(15)26-18(21)23/h2-3,8-9,14,19H,4-7,10-13H2,1H3. The van der Waals surface area contributed by atoms with Crippen LogP contribution in [0, 0.1) is 0 Å². The van der Waals surface area contributed by atoms with E-state index in [0.717, 1.165) is 31.0 Å². The van der Waals surface area contributed by atoms with Crippen LogP contribution < -0.4 is 10.5 Å². The fourth-order valence-corrected chi connectivity index (χ4v) is 4.04. The number of aryl methyl sites for hydroxylation is 1. The van der Waals surface area contributed by atoms with Crippen LogP contribution in [-0.2, 0) is 21.4 Å². The van der Waals surface area contributed by atoms with E-state index in [-0.39, 0.29) is 18.5 Å². The van der Waals surface area contributed by atoms with Gasteiger partial charge in [-0.2, -0.15) is 0 Å². The number of nitrogens with zero attached hydrogens (tertiary/aromatic N) is 2. The first kappa shape index (κ1) is 19.6. The summed E-state index contributed by atoms with van der Waals surface area (Å²) in [5.41, 5.74) is 1.26. The van der Waals surface area contributed by atoms with Crippen LogP contribution in [0.5, 0.6) is 0 Å². The number of rotatable bonds is 7. The lowest BCUT2D eigenvalue weighted by molar-refractivity contribution is -0.134. The fraction of sp³-hybridized carbons (Fsp3) is 0.556. The minimum absolute atomic E-state index is 0.00384. The first-order valence-corrected chi connectivity index (χ1v) is 11.1. The Balaban J connectivity index is 1.58. The van der Waals surface area contributed by atoms with Gasteiger partial charge in [0.05, 0.1) is 11.8 Å². The van der Waals surface area contributed by atoms with Crippen LogP contribution >= 0.6 is 0 Å². The van der Waals surface area contributed by atoms with Crippen LogP contribution in [0.1, 0.15) is 32.1 Å². The van der Waals surface area contributed by atoms with Crippen LogP contribution in [0.2, 0.25) is 0 Å². The van der Waals surface area contributed by atoms with Crippen molar-refractivity contribution < 1.29 is 17.6 Å². The molecule has 0 bridgehead atoms. The largest absolute Gasteiger partial charge is 0.419 e. The molecule has 1 aliphatic rings. The van der Waals surface area contributed by atoms with E-state index >= 15 is 0 Å². The van der Waals surface area contributed by atoms with Crippen molar-refractivity contribution in [1.29, 1.82) is 0 Å². The van der Waals surface area contributed by atoms with E-state index in [4.69, 9.17) is 4.42 Å². The number of hydrogen-bond donors (Lipinski definition) is 1. The van der Waals surface area contributed by atoms with Gasteiger partial charge in [0.2, 0.25) is 15.9 Å². The van der Waals surface area contributed by atoms with Crippen molar-refractivity contribution in [2.75, 3.05) is 19.3 Å². The molecule has 0 saturated carbocycles. The summed E-state index contributed by atoms with van der Waals surface area (Å²) in [4.78, 5) is 26.4. The molecule has 1 amide bonds. The Bertz CT molecular complexity index is 963. The molecule has 1 saturated heterocycles. The number of likely N-dealkylation sites (tertiary alicyclic amines) is 1. The van der Waals surface area contributed by atoms with E-state index < -0.39 is 15.8 Å². The first-order chi connectivity index (χ1) is 12.8. The molecule has 1 unspecified atom stereocenters. The van der Waals surface area contributed by atoms with Crippen LogP contribution in [0.3, 0.4) is 0 Å². The van der Waals surface area contributed by atoms with Crippen molar-refractivity contribution in [3.63, 3.8) is 0 Å². The Hall–Kier alpha value is -2.13. The van der Waals surface area contributed by atoms with E-state index in [9.17, 15) is 18.0 Å². The average molecular weight is 395 g/mol. The van der Waals surface area contributed by atoms with Gasteiger partial charge in [0.1, 0.15) is 0 Å². The molecule has 1 N–H and O–H groups in total. The molecule has 1 fully saturated rings. The monoisotopic (exact) mass is 395 g/mol. The second-order valence-corrected chi connectivity index (χ2v) is 8.78. The molecule has 148 valence electrons. The molecule has 0 radical (unpaired) electrons. The van der Waals surface area contributed by atoms with Crippen LogP contribution in [-0.4, -0.2) is 49.2 Å². The summed E-state index contributed by atoms with van der Waals surface area (Å²) in [6.45, 7) is 1.29. The normalized spacial score (nSPS) is 18.1. The summed E-state index contributed by atoms with van der Waals surface area (Å²) in [5.74, 6) is -0.423. The highest BCUT2D eigenvalue weighted by Gasteiger charge is 2.26. The predicted octanol–water partition coefficient (Wildman–Crippen LogP) is 1.30. The van der Waals surface area contributed by atoms with Crippen molar-refractivity contribution in [3.05, 3.63) is 34.8 Å². The highest BCUT2D eigenvalue weighted by molar-refractivity contribution is 7.88. The second-order valence-electron chi connectivity index (χ2n) is 6.95. The third-order valence-electron chi connectivity index (χ3n) is 4.87. The number of nitrogens with one attached hydrogen (secondary N) is 1. The van der Waals surface area contributed by atoms with Gasteiger partial charge in [-0.3, -0.25) is 9.36 Å². The number of aromatic nitrogens is 1. The third-order valence-corrected chi connectivity index (χ3v) is 5.57. The Labute approximate surface area is 158 Å². The number of piperidine rings is 1. The van der Waals surface area contributed by atoms with Gasteiger partial charge in [-0.25, -0.2) is 17.9 Å². The summed E-state index contributed by atoms with van der Waals surface area (Å²) in [6.07, 6.45) is 4.64. The lowest BCUT2D eigenvalue weighted by Gasteiger charge is -2.36. The quantitative estimate of drug-likeness (QED) is 0.761. The lowest BCUT2D eigenvalue weighted by Crippen LogP contribution is -2.49. The van der Waals surface area contributed by atoms with Gasteiger partial charge in [0.25, 0.3) is 0 Å². The Morgan fingerprint density at radius 1 is 1.30 bits per heavy atom. The molecule has 3 rings (SSSR count). The summed E-state index contributed by atoms with van der Waals surface area (Å²) >= 11 is 0. The SMILES string of the molecule is CS(=O)(=O)NCC1CCCCN1C(=O)CCCn1c(=O)oc2ccccc21. The molecule has 9 heteroatoms. The van der Waals surface area contributed by atoms with Gasteiger partial charge < -0.3 is 9.32 Å². The van der Waals surface area contributed by atoms with Crippen molar-refractivity contribution in [1.82, 2.24) is 14.2 Å². The molecule has 2 aromatic rings. The van der Waals surface area contributed by atoms with E-state index in [1.165, 1.54) is 0 Å². The maximum atomic E-state index is 12.6. The smallest absolute Gasteiger partial charge is 0.408 e. The fourth-order valence-electron chi connectivity index (χ4n) is 3.55. The van der Waals surface area contributed by atoms with Gasteiger partial charge in [0, 0.05) is 32.1 Å². The van der Waals surface area contributed by atoms with Crippen molar-refractivity contribution in [2.24, 2.45) is 0 Å². The number of amides is 1.